The molecule has 2 N–H and O–H groups in total. The molecule has 4 aromatic rings. The first-order valence-corrected chi connectivity index (χ1v) is 11.4. The predicted molar refractivity (Wildman–Crippen MR) is 126 cm³/mol. The number of hydrogen-bond acceptors (Lipinski definition) is 5. The molecule has 32 heavy (non-hydrogen) atoms. The molecule has 0 amide bonds. The predicted octanol–water partition coefficient (Wildman–Crippen LogP) is 5.17. The molecule has 0 radical (unpaired) electrons. The van der Waals surface area contributed by atoms with Gasteiger partial charge in [-0.2, -0.15) is 0 Å². The van der Waals surface area contributed by atoms with Gasteiger partial charge in [-0.3, -0.25) is 4.79 Å². The summed E-state index contributed by atoms with van der Waals surface area (Å²) in [7, 11) is 0. The van der Waals surface area contributed by atoms with E-state index in [2.05, 4.69) is 45.0 Å². The number of benzene rings is 2. The molecule has 162 valence electrons. The van der Waals surface area contributed by atoms with E-state index in [1.165, 1.54) is 19.2 Å². The van der Waals surface area contributed by atoms with E-state index in [-0.39, 0.29) is 5.78 Å². The van der Waals surface area contributed by atoms with Crippen LogP contribution in [0.5, 0.6) is 0 Å². The smallest absolute Gasteiger partial charge is 0.163 e. The number of aromatic nitrogens is 3. The maximum atomic E-state index is 12.8. The van der Waals surface area contributed by atoms with Crippen LogP contribution in [0.1, 0.15) is 48.5 Å². The second-order valence-electron chi connectivity index (χ2n) is 9.06. The summed E-state index contributed by atoms with van der Waals surface area (Å²) in [4.78, 5) is 21.7. The summed E-state index contributed by atoms with van der Waals surface area (Å²) in [6, 6.07) is 12.7. The van der Waals surface area contributed by atoms with Gasteiger partial charge in [-0.1, -0.05) is 30.3 Å². The lowest BCUT2D eigenvalue weighted by Gasteiger charge is -2.24. The topological polar surface area (TPSA) is 83.0 Å². The molecule has 2 aromatic heterocycles. The van der Waals surface area contributed by atoms with Gasteiger partial charge in [0.05, 0.1) is 5.39 Å². The normalized spacial score (nSPS) is 17.2. The Morgan fingerprint density at radius 1 is 1.09 bits per heavy atom. The van der Waals surface area contributed by atoms with Crippen LogP contribution in [0.4, 0.5) is 5.82 Å². The maximum absolute atomic E-state index is 12.8. The Bertz CT molecular complexity index is 1330. The molecule has 1 saturated carbocycles. The van der Waals surface area contributed by atoms with Crippen molar-refractivity contribution in [1.82, 2.24) is 14.5 Å². The largest absolute Gasteiger partial charge is 0.383 e. The minimum Gasteiger partial charge on any atom is -0.383 e. The van der Waals surface area contributed by atoms with Gasteiger partial charge in [0.15, 0.2) is 5.78 Å². The molecule has 1 aliphatic carbocycles. The Morgan fingerprint density at radius 3 is 2.75 bits per heavy atom. The molecule has 0 atom stereocenters. The van der Waals surface area contributed by atoms with E-state index in [9.17, 15) is 4.79 Å². The van der Waals surface area contributed by atoms with Crippen molar-refractivity contribution < 1.29 is 9.53 Å². The number of nitrogens with zero attached hydrogens (tertiary/aromatic N) is 3. The first kappa shape index (κ1) is 19.4. The number of ketones is 1. The summed E-state index contributed by atoms with van der Waals surface area (Å²) in [6.45, 7) is 1.52. The Morgan fingerprint density at radius 2 is 1.94 bits per heavy atom. The van der Waals surface area contributed by atoms with Crippen LogP contribution in [0.25, 0.3) is 32.9 Å². The van der Waals surface area contributed by atoms with E-state index in [0.29, 0.717) is 24.2 Å². The number of fused-ring (bicyclic) bond motifs is 2. The highest BCUT2D eigenvalue weighted by Gasteiger charge is 2.26. The molecule has 3 heterocycles. The Balaban J connectivity index is 1.47. The highest BCUT2D eigenvalue weighted by atomic mass is 16.5. The number of Topliss-reactive ketones (excluding diaryl/α,β-unsaturated/α-hetero) is 1. The third-order valence-corrected chi connectivity index (χ3v) is 6.89. The van der Waals surface area contributed by atoms with Gasteiger partial charge in [-0.15, -0.1) is 0 Å². The minimum absolute atomic E-state index is 0.250. The summed E-state index contributed by atoms with van der Waals surface area (Å²) in [5.74, 6) is 1.32. The fourth-order valence-corrected chi connectivity index (χ4v) is 4.96. The third-order valence-electron chi connectivity index (χ3n) is 6.89. The Hall–Kier alpha value is -3.25. The van der Waals surface area contributed by atoms with E-state index < -0.39 is 0 Å². The van der Waals surface area contributed by atoms with E-state index >= 15 is 0 Å². The average Bonchev–Trinajstić information content (AvgIpc) is 3.55. The molecule has 0 spiro atoms. The SMILES string of the molecule is Nc1ncnc2c1c(-c1ccc3c(C(=O)CC4CC4)cccc3c1)cn2C1CCOCC1. The zero-order valence-electron chi connectivity index (χ0n) is 18.0. The zero-order chi connectivity index (χ0) is 21.7. The van der Waals surface area contributed by atoms with Crippen molar-refractivity contribution in [2.24, 2.45) is 5.92 Å². The van der Waals surface area contributed by atoms with Crippen LogP contribution in [-0.2, 0) is 4.74 Å². The summed E-state index contributed by atoms with van der Waals surface area (Å²) in [5, 5.41) is 2.96. The van der Waals surface area contributed by atoms with Gasteiger partial charge >= 0.3 is 0 Å². The van der Waals surface area contributed by atoms with Crippen molar-refractivity contribution in [1.29, 1.82) is 0 Å². The lowest BCUT2D eigenvalue weighted by molar-refractivity contribution is 0.0706. The molecule has 0 bridgehead atoms. The van der Waals surface area contributed by atoms with Gasteiger partial charge in [-0.25, -0.2) is 9.97 Å². The molecule has 2 aliphatic rings. The number of hydrogen-bond donors (Lipinski definition) is 1. The number of anilines is 1. The van der Waals surface area contributed by atoms with Crippen LogP contribution in [0, 0.1) is 5.92 Å². The second-order valence-corrected chi connectivity index (χ2v) is 9.06. The zero-order valence-corrected chi connectivity index (χ0v) is 18.0. The molecular formula is C26H26N4O2. The highest BCUT2D eigenvalue weighted by Crippen LogP contribution is 2.38. The van der Waals surface area contributed by atoms with Crippen molar-refractivity contribution in [3.8, 4) is 11.1 Å². The summed E-state index contributed by atoms with van der Waals surface area (Å²) in [6.07, 6.45) is 8.63. The molecule has 6 heteroatoms. The van der Waals surface area contributed by atoms with Gasteiger partial charge in [-0.05, 0) is 54.0 Å². The molecular weight excluding hydrogens is 400 g/mol. The monoisotopic (exact) mass is 426 g/mol. The van der Waals surface area contributed by atoms with Gasteiger partial charge in [0.2, 0.25) is 0 Å². The summed E-state index contributed by atoms with van der Waals surface area (Å²) < 4.78 is 7.80. The van der Waals surface area contributed by atoms with Crippen LogP contribution in [0.2, 0.25) is 0 Å². The molecule has 2 fully saturated rings. The van der Waals surface area contributed by atoms with Crippen molar-refractivity contribution in [3.63, 3.8) is 0 Å². The quantitative estimate of drug-likeness (QED) is 0.445. The molecule has 1 saturated heterocycles. The van der Waals surface area contributed by atoms with Crippen molar-refractivity contribution in [2.75, 3.05) is 18.9 Å². The number of carbonyl (C=O) groups is 1. The van der Waals surface area contributed by atoms with Crippen LogP contribution < -0.4 is 5.73 Å². The molecule has 2 aromatic carbocycles. The second kappa shape index (κ2) is 7.71. The standard InChI is InChI=1S/C26H26N4O2/c27-25-24-22(14-30(26(24)29-15-28-25)19-8-10-32-11-9-19)18-6-7-20-17(13-18)2-1-3-21(20)23(31)12-16-4-5-16/h1-3,6-7,13-16,19H,4-5,8-12H2,(H2,27,28,29). The number of ether oxygens (including phenoxy) is 1. The summed E-state index contributed by atoms with van der Waals surface area (Å²) in [5.41, 5.74) is 10.1. The fraction of sp³-hybridized carbons (Fsp3) is 0.346. The number of nitrogen functional groups attached to an aromatic ring is 1. The van der Waals surface area contributed by atoms with Crippen LogP contribution >= 0.6 is 0 Å². The summed E-state index contributed by atoms with van der Waals surface area (Å²) >= 11 is 0. The Labute approximate surface area is 186 Å². The Kier molecular flexibility index (Phi) is 4.68. The molecule has 0 unspecified atom stereocenters. The third kappa shape index (κ3) is 3.35. The van der Waals surface area contributed by atoms with Crippen LogP contribution in [0.3, 0.4) is 0 Å². The van der Waals surface area contributed by atoms with Gasteiger partial charge in [0.1, 0.15) is 17.8 Å². The fourth-order valence-electron chi connectivity index (χ4n) is 4.96. The lowest BCUT2D eigenvalue weighted by atomic mass is 9.95. The van der Waals surface area contributed by atoms with Crippen molar-refractivity contribution >= 4 is 33.4 Å². The van der Waals surface area contributed by atoms with E-state index in [0.717, 1.165) is 64.6 Å². The molecule has 1 aliphatic heterocycles. The van der Waals surface area contributed by atoms with Crippen molar-refractivity contribution in [3.05, 3.63) is 54.5 Å². The molecule has 6 nitrogen and oxygen atoms in total. The van der Waals surface area contributed by atoms with Gasteiger partial charge in [0, 0.05) is 43.0 Å². The van der Waals surface area contributed by atoms with Crippen LogP contribution in [-0.4, -0.2) is 33.5 Å². The first-order valence-electron chi connectivity index (χ1n) is 11.4. The average molecular weight is 427 g/mol. The van der Waals surface area contributed by atoms with Gasteiger partial charge in [0.25, 0.3) is 0 Å². The minimum atomic E-state index is 0.250. The number of rotatable bonds is 5. The van der Waals surface area contributed by atoms with Crippen LogP contribution in [0.15, 0.2) is 48.9 Å². The number of nitrogens with two attached hydrogens (primary N) is 1. The first-order chi connectivity index (χ1) is 15.7. The maximum Gasteiger partial charge on any atom is 0.163 e. The lowest BCUT2D eigenvalue weighted by Crippen LogP contribution is -2.19. The molecule has 6 rings (SSSR count). The highest BCUT2D eigenvalue weighted by molar-refractivity contribution is 6.10. The van der Waals surface area contributed by atoms with E-state index in [4.69, 9.17) is 10.5 Å². The van der Waals surface area contributed by atoms with E-state index in [1.54, 1.807) is 0 Å². The van der Waals surface area contributed by atoms with Crippen molar-refractivity contribution in [2.45, 2.75) is 38.1 Å². The van der Waals surface area contributed by atoms with E-state index in [1.807, 2.05) is 12.1 Å². The number of carbonyl (C=O) groups excluding carboxylic acids is 1. The van der Waals surface area contributed by atoms with Gasteiger partial charge < -0.3 is 15.0 Å².